The van der Waals surface area contributed by atoms with Crippen LogP contribution in [0.1, 0.15) is 5.76 Å². The van der Waals surface area contributed by atoms with E-state index in [9.17, 15) is 19.8 Å². The Hall–Kier alpha value is -2.76. The van der Waals surface area contributed by atoms with Crippen LogP contribution in [-0.2, 0) is 16.1 Å². The molecule has 2 aromatic rings. The quantitative estimate of drug-likeness (QED) is 0.407. The second kappa shape index (κ2) is 10.0. The predicted octanol–water partition coefficient (Wildman–Crippen LogP) is 0.591. The summed E-state index contributed by atoms with van der Waals surface area (Å²) >= 11 is 12.2. The van der Waals surface area contributed by atoms with Crippen molar-refractivity contribution in [3.05, 3.63) is 64.2 Å². The van der Waals surface area contributed by atoms with Gasteiger partial charge in [0.2, 0.25) is 5.91 Å². The third-order valence-electron chi connectivity index (χ3n) is 5.40. The third-order valence-corrected chi connectivity index (χ3v) is 6.14. The van der Waals surface area contributed by atoms with Crippen molar-refractivity contribution >= 4 is 40.7 Å². The minimum atomic E-state index is -1.27. The van der Waals surface area contributed by atoms with Gasteiger partial charge in [0.05, 0.1) is 29.4 Å². The molecule has 1 fully saturated rings. The van der Waals surface area contributed by atoms with Crippen molar-refractivity contribution in [2.24, 2.45) is 0 Å². The molecule has 2 aliphatic rings. The van der Waals surface area contributed by atoms with E-state index in [4.69, 9.17) is 27.6 Å². The number of rotatable bonds is 5. The topological polar surface area (TPSA) is 130 Å². The molecular weight excluding hydrogens is 473 g/mol. The number of carbonyl (C=O) groups is 2. The fraction of sp³-hybridized carbons (Fsp3) is 0.333. The number of hydrogen-bond donors (Lipinski definition) is 5. The van der Waals surface area contributed by atoms with E-state index in [1.54, 1.807) is 30.3 Å². The van der Waals surface area contributed by atoms with Crippen molar-refractivity contribution in [3.63, 3.8) is 0 Å². The molecule has 5 N–H and O–H groups in total. The van der Waals surface area contributed by atoms with Crippen molar-refractivity contribution in [2.75, 3.05) is 24.5 Å². The van der Waals surface area contributed by atoms with Crippen molar-refractivity contribution in [1.29, 1.82) is 0 Å². The van der Waals surface area contributed by atoms with E-state index < -0.39 is 24.5 Å². The molecule has 0 spiro atoms. The van der Waals surface area contributed by atoms with Gasteiger partial charge in [-0.1, -0.05) is 23.2 Å². The molecule has 33 heavy (non-hydrogen) atoms. The molecule has 1 aromatic carbocycles. The highest BCUT2D eigenvalue weighted by atomic mass is 35.5. The van der Waals surface area contributed by atoms with Crippen molar-refractivity contribution in [1.82, 2.24) is 20.9 Å². The number of anilines is 1. The fourth-order valence-electron chi connectivity index (χ4n) is 3.78. The Balaban J connectivity index is 1.55. The van der Waals surface area contributed by atoms with Crippen LogP contribution in [0.15, 0.2) is 52.8 Å². The molecule has 2 aliphatic heterocycles. The van der Waals surface area contributed by atoms with Gasteiger partial charge in [0.1, 0.15) is 23.7 Å². The average Bonchev–Trinajstić information content (AvgIpc) is 3.31. The van der Waals surface area contributed by atoms with Gasteiger partial charge >= 0.3 is 0 Å². The first kappa shape index (κ1) is 23.4. The van der Waals surface area contributed by atoms with Crippen LogP contribution < -0.4 is 20.9 Å². The lowest BCUT2D eigenvalue weighted by molar-refractivity contribution is -0.131. The summed E-state index contributed by atoms with van der Waals surface area (Å²) in [6, 6.07) is 7.85. The highest BCUT2D eigenvalue weighted by Crippen LogP contribution is 2.29. The highest BCUT2D eigenvalue weighted by Gasteiger charge is 2.36. The third kappa shape index (κ3) is 5.43. The number of nitrogens with zero attached hydrogens (tertiary/aromatic N) is 2. The molecule has 3 heterocycles. The van der Waals surface area contributed by atoms with Gasteiger partial charge in [-0.3, -0.25) is 9.59 Å². The number of furan rings is 1. The standard InChI is InChI=1S/C21H23Cl2N5O5/c22-14-4-3-12(8-15(14)23)28-6-5-27(20(31)16-9-18(29)26-21(32)25-16)11-17(28)19(30)24-10-13-2-1-7-33-13/h1-4,7-9,17-18,21,25-26,29,32H,5-6,10-11H2,(H,24,30)/t17-,18?,21?/m0/s1. The molecule has 2 unspecified atom stereocenters. The normalized spacial score (nSPS) is 23.0. The zero-order valence-corrected chi connectivity index (χ0v) is 18.9. The van der Waals surface area contributed by atoms with Crippen molar-refractivity contribution < 1.29 is 24.2 Å². The van der Waals surface area contributed by atoms with Gasteiger partial charge in [-0.05, 0) is 36.4 Å². The van der Waals surface area contributed by atoms with Crippen molar-refractivity contribution in [3.8, 4) is 0 Å². The minimum Gasteiger partial charge on any atom is -0.467 e. The fourth-order valence-corrected chi connectivity index (χ4v) is 4.07. The van der Waals surface area contributed by atoms with Crippen LogP contribution in [0.5, 0.6) is 0 Å². The summed E-state index contributed by atoms with van der Waals surface area (Å²) in [7, 11) is 0. The monoisotopic (exact) mass is 495 g/mol. The summed E-state index contributed by atoms with van der Waals surface area (Å²) in [5.41, 5.74) is 0.742. The lowest BCUT2D eigenvalue weighted by Gasteiger charge is -2.42. The number of piperazine rings is 1. The molecule has 0 aliphatic carbocycles. The molecule has 10 nitrogen and oxygen atoms in total. The van der Waals surface area contributed by atoms with E-state index in [1.165, 1.54) is 17.2 Å². The minimum absolute atomic E-state index is 0.0477. The van der Waals surface area contributed by atoms with E-state index in [0.717, 1.165) is 0 Å². The molecule has 4 rings (SSSR count). The van der Waals surface area contributed by atoms with E-state index in [0.29, 0.717) is 34.6 Å². The largest absolute Gasteiger partial charge is 0.467 e. The molecular formula is C21H23Cl2N5O5. The molecule has 12 heteroatoms. The number of carbonyl (C=O) groups excluding carboxylic acids is 2. The SMILES string of the molecule is O=C(NCc1ccco1)[C@@H]1CN(C(=O)C2=CC(O)NC(O)N2)CCN1c1ccc(Cl)c(Cl)c1. The first-order chi connectivity index (χ1) is 15.8. The number of hydrogen-bond acceptors (Lipinski definition) is 8. The molecule has 2 amide bonds. The maximum Gasteiger partial charge on any atom is 0.270 e. The lowest BCUT2D eigenvalue weighted by atomic mass is 10.1. The van der Waals surface area contributed by atoms with Gasteiger partial charge in [0, 0.05) is 18.8 Å². The van der Waals surface area contributed by atoms with Crippen LogP contribution in [0.2, 0.25) is 10.0 Å². The molecule has 0 saturated carbocycles. The zero-order valence-electron chi connectivity index (χ0n) is 17.4. The van der Waals surface area contributed by atoms with Crippen LogP contribution in [0.3, 0.4) is 0 Å². The Morgan fingerprint density at radius 2 is 2.00 bits per heavy atom. The number of benzene rings is 1. The van der Waals surface area contributed by atoms with Crippen LogP contribution in [0.25, 0.3) is 0 Å². The highest BCUT2D eigenvalue weighted by molar-refractivity contribution is 6.42. The van der Waals surface area contributed by atoms with Crippen LogP contribution in [0, 0.1) is 0 Å². The maximum absolute atomic E-state index is 13.2. The number of aliphatic hydroxyl groups excluding tert-OH is 2. The summed E-state index contributed by atoms with van der Waals surface area (Å²) in [4.78, 5) is 29.6. The van der Waals surface area contributed by atoms with Gasteiger partial charge in [0.25, 0.3) is 5.91 Å². The van der Waals surface area contributed by atoms with E-state index in [2.05, 4.69) is 16.0 Å². The summed E-state index contributed by atoms with van der Waals surface area (Å²) in [5.74, 6) is -0.144. The Labute approximate surface area is 199 Å². The molecule has 3 atom stereocenters. The Morgan fingerprint density at radius 3 is 2.70 bits per heavy atom. The molecule has 1 aromatic heterocycles. The summed E-state index contributed by atoms with van der Waals surface area (Å²) < 4.78 is 5.28. The van der Waals surface area contributed by atoms with Gasteiger partial charge < -0.3 is 35.1 Å². The van der Waals surface area contributed by atoms with E-state index >= 15 is 0 Å². The van der Waals surface area contributed by atoms with Gasteiger partial charge in [-0.25, -0.2) is 5.32 Å². The summed E-state index contributed by atoms with van der Waals surface area (Å²) in [6.07, 6.45) is 0.346. The number of aliphatic hydroxyl groups is 2. The van der Waals surface area contributed by atoms with Gasteiger partial charge in [0.15, 0.2) is 6.35 Å². The Kier molecular flexibility index (Phi) is 7.11. The van der Waals surface area contributed by atoms with Gasteiger partial charge in [-0.15, -0.1) is 0 Å². The van der Waals surface area contributed by atoms with Crippen LogP contribution in [0.4, 0.5) is 5.69 Å². The molecule has 1 saturated heterocycles. The smallest absolute Gasteiger partial charge is 0.270 e. The molecule has 0 radical (unpaired) electrons. The molecule has 176 valence electrons. The van der Waals surface area contributed by atoms with E-state index in [1.807, 2.05) is 4.90 Å². The second-order valence-corrected chi connectivity index (χ2v) is 8.41. The van der Waals surface area contributed by atoms with Gasteiger partial charge in [-0.2, -0.15) is 0 Å². The Morgan fingerprint density at radius 1 is 1.18 bits per heavy atom. The zero-order chi connectivity index (χ0) is 23.5. The summed E-state index contributed by atoms with van der Waals surface area (Å²) in [5, 5.41) is 28.1. The number of amides is 2. The van der Waals surface area contributed by atoms with E-state index in [-0.39, 0.29) is 24.7 Å². The number of nitrogens with one attached hydrogen (secondary N) is 3. The van der Waals surface area contributed by atoms with Crippen LogP contribution >= 0.6 is 23.2 Å². The predicted molar refractivity (Wildman–Crippen MR) is 121 cm³/mol. The average molecular weight is 496 g/mol. The van der Waals surface area contributed by atoms with Crippen LogP contribution in [-0.4, -0.2) is 65.2 Å². The maximum atomic E-state index is 13.2. The molecule has 0 bridgehead atoms. The van der Waals surface area contributed by atoms with Crippen molar-refractivity contribution in [2.45, 2.75) is 25.2 Å². The second-order valence-electron chi connectivity index (χ2n) is 7.59. The lowest BCUT2D eigenvalue weighted by Crippen LogP contribution is -2.61. The Bertz CT molecular complexity index is 1050. The number of halogens is 2. The first-order valence-corrected chi connectivity index (χ1v) is 11.0. The summed E-state index contributed by atoms with van der Waals surface area (Å²) in [6.45, 7) is 0.919. The first-order valence-electron chi connectivity index (χ1n) is 10.2.